The van der Waals surface area contributed by atoms with E-state index in [0.717, 1.165) is 22.1 Å². The fraction of sp³-hybridized carbons (Fsp3) is 0. The smallest absolute Gasteiger partial charge is 0.193 e. The summed E-state index contributed by atoms with van der Waals surface area (Å²) >= 11 is 0. The highest BCUT2D eigenvalue weighted by Crippen LogP contribution is 2.25. The number of fused-ring (bicyclic) bond motifs is 1. The number of carbonyl (C=O) groups excluding carboxylic acids is 1. The summed E-state index contributed by atoms with van der Waals surface area (Å²) in [5, 5.41) is 2.05. The Kier molecular flexibility index (Phi) is 5.46. The molecule has 0 aromatic heterocycles. The lowest BCUT2D eigenvalue weighted by atomic mass is 10.0. The predicted molar refractivity (Wildman–Crippen MR) is 118 cm³/mol. The number of rotatable bonds is 2. The maximum Gasteiger partial charge on any atom is 0.193 e. The first-order valence-corrected chi connectivity index (χ1v) is 8.74. The number of carbonyl (C=O) groups is 1. The van der Waals surface area contributed by atoms with Crippen LogP contribution in [0, 0.1) is 0 Å². The standard InChI is InChI=1S/C13H12N2O.C10H10N2/c14-11-6-4-9(5-7-11)13(16)10-2-1-3-12(15)8-10;11-9-5-6-10(12)8-4-2-1-3-7(8)9/h1-8H,14-15H2;1-6H,11-12H2. The van der Waals surface area contributed by atoms with Crippen molar-refractivity contribution in [2.45, 2.75) is 0 Å². The second-order valence-electron chi connectivity index (χ2n) is 6.37. The highest BCUT2D eigenvalue weighted by molar-refractivity contribution is 6.09. The van der Waals surface area contributed by atoms with Gasteiger partial charge in [-0.15, -0.1) is 0 Å². The molecule has 4 aromatic rings. The number of hydrogen-bond acceptors (Lipinski definition) is 5. The lowest BCUT2D eigenvalue weighted by Crippen LogP contribution is -2.02. The summed E-state index contributed by atoms with van der Waals surface area (Å²) in [6, 6.07) is 25.3. The van der Waals surface area contributed by atoms with Gasteiger partial charge in [0.15, 0.2) is 5.78 Å². The molecule has 0 aliphatic carbocycles. The molecule has 5 nitrogen and oxygen atoms in total. The quantitative estimate of drug-likeness (QED) is 0.313. The molecule has 0 atom stereocenters. The normalized spacial score (nSPS) is 10.1. The van der Waals surface area contributed by atoms with Gasteiger partial charge in [0.2, 0.25) is 0 Å². The molecular weight excluding hydrogens is 348 g/mol. The lowest BCUT2D eigenvalue weighted by Gasteiger charge is -2.03. The van der Waals surface area contributed by atoms with Crippen molar-refractivity contribution < 1.29 is 4.79 Å². The van der Waals surface area contributed by atoms with E-state index in [1.54, 1.807) is 48.5 Å². The van der Waals surface area contributed by atoms with Crippen molar-refractivity contribution in [1.82, 2.24) is 0 Å². The summed E-state index contributed by atoms with van der Waals surface area (Å²) < 4.78 is 0. The van der Waals surface area contributed by atoms with Crippen molar-refractivity contribution in [3.63, 3.8) is 0 Å². The summed E-state index contributed by atoms with van der Waals surface area (Å²) in [6.07, 6.45) is 0. The zero-order valence-electron chi connectivity index (χ0n) is 15.3. The summed E-state index contributed by atoms with van der Waals surface area (Å²) in [6.45, 7) is 0. The van der Waals surface area contributed by atoms with Crippen LogP contribution in [0.2, 0.25) is 0 Å². The summed E-state index contributed by atoms with van der Waals surface area (Å²) in [4.78, 5) is 12.0. The number of benzene rings is 4. The van der Waals surface area contributed by atoms with Gasteiger partial charge in [-0.3, -0.25) is 4.79 Å². The van der Waals surface area contributed by atoms with Crippen LogP contribution in [0.1, 0.15) is 15.9 Å². The van der Waals surface area contributed by atoms with Crippen LogP contribution in [0.3, 0.4) is 0 Å². The van der Waals surface area contributed by atoms with Gasteiger partial charge in [-0.25, -0.2) is 0 Å². The highest BCUT2D eigenvalue weighted by Gasteiger charge is 2.08. The maximum atomic E-state index is 12.0. The third-order valence-electron chi connectivity index (χ3n) is 4.31. The average Bonchev–Trinajstić information content (AvgIpc) is 2.72. The van der Waals surface area contributed by atoms with Gasteiger partial charge in [0.05, 0.1) is 0 Å². The van der Waals surface area contributed by atoms with Crippen LogP contribution >= 0.6 is 0 Å². The molecule has 0 bridgehead atoms. The molecule has 0 aliphatic rings. The van der Waals surface area contributed by atoms with Crippen molar-refractivity contribution in [2.75, 3.05) is 22.9 Å². The van der Waals surface area contributed by atoms with Gasteiger partial charge in [0.1, 0.15) is 0 Å². The topological polar surface area (TPSA) is 121 Å². The first-order chi connectivity index (χ1) is 13.5. The Morgan fingerprint density at radius 2 is 1.11 bits per heavy atom. The van der Waals surface area contributed by atoms with E-state index in [-0.39, 0.29) is 5.78 Å². The van der Waals surface area contributed by atoms with Gasteiger partial charge in [0.25, 0.3) is 0 Å². The van der Waals surface area contributed by atoms with Crippen LogP contribution in [0.5, 0.6) is 0 Å². The van der Waals surface area contributed by atoms with Gasteiger partial charge in [-0.05, 0) is 48.5 Å². The first kappa shape index (κ1) is 18.8. The van der Waals surface area contributed by atoms with Gasteiger partial charge in [-0.1, -0.05) is 36.4 Å². The van der Waals surface area contributed by atoms with Gasteiger partial charge >= 0.3 is 0 Å². The Balaban J connectivity index is 0.000000167. The molecule has 0 aliphatic heterocycles. The third kappa shape index (κ3) is 4.22. The predicted octanol–water partition coefficient (Wildman–Crippen LogP) is 4.09. The Labute approximate surface area is 163 Å². The third-order valence-corrected chi connectivity index (χ3v) is 4.31. The fourth-order valence-corrected chi connectivity index (χ4v) is 2.83. The molecule has 4 rings (SSSR count). The molecule has 0 unspecified atom stereocenters. The van der Waals surface area contributed by atoms with Crippen molar-refractivity contribution in [2.24, 2.45) is 0 Å². The molecule has 8 N–H and O–H groups in total. The molecule has 4 aromatic carbocycles. The monoisotopic (exact) mass is 370 g/mol. The molecular formula is C23H22N4O. The molecule has 0 spiro atoms. The van der Waals surface area contributed by atoms with Crippen molar-refractivity contribution >= 4 is 39.3 Å². The average molecular weight is 370 g/mol. The van der Waals surface area contributed by atoms with E-state index in [4.69, 9.17) is 22.9 Å². The van der Waals surface area contributed by atoms with E-state index in [1.807, 2.05) is 36.4 Å². The van der Waals surface area contributed by atoms with E-state index >= 15 is 0 Å². The number of nitrogen functional groups attached to an aromatic ring is 4. The molecule has 0 saturated carbocycles. The van der Waals surface area contributed by atoms with E-state index in [0.29, 0.717) is 22.5 Å². The SMILES string of the molecule is Nc1ccc(C(=O)c2cccc(N)c2)cc1.Nc1ccc(N)c2ccccc12. The van der Waals surface area contributed by atoms with E-state index in [2.05, 4.69) is 0 Å². The molecule has 0 radical (unpaired) electrons. The number of anilines is 4. The Bertz CT molecular complexity index is 1080. The van der Waals surface area contributed by atoms with E-state index < -0.39 is 0 Å². The van der Waals surface area contributed by atoms with Crippen LogP contribution in [-0.4, -0.2) is 5.78 Å². The zero-order valence-corrected chi connectivity index (χ0v) is 15.3. The lowest BCUT2D eigenvalue weighted by molar-refractivity contribution is 0.103. The fourth-order valence-electron chi connectivity index (χ4n) is 2.83. The molecule has 28 heavy (non-hydrogen) atoms. The second kappa shape index (κ2) is 8.14. The number of ketones is 1. The minimum absolute atomic E-state index is 0.0488. The van der Waals surface area contributed by atoms with Crippen molar-refractivity contribution in [1.29, 1.82) is 0 Å². The molecule has 0 amide bonds. The zero-order chi connectivity index (χ0) is 20.1. The second-order valence-corrected chi connectivity index (χ2v) is 6.37. The molecule has 5 heteroatoms. The van der Waals surface area contributed by atoms with Gasteiger partial charge < -0.3 is 22.9 Å². The molecule has 140 valence electrons. The Morgan fingerprint density at radius 1 is 0.536 bits per heavy atom. The molecule has 0 fully saturated rings. The van der Waals surface area contributed by atoms with E-state index in [9.17, 15) is 4.79 Å². The van der Waals surface area contributed by atoms with Crippen LogP contribution in [0.15, 0.2) is 84.9 Å². The minimum Gasteiger partial charge on any atom is -0.399 e. The summed E-state index contributed by atoms with van der Waals surface area (Å²) in [5.74, 6) is -0.0488. The van der Waals surface area contributed by atoms with Crippen molar-refractivity contribution in [3.05, 3.63) is 96.1 Å². The summed E-state index contributed by atoms with van der Waals surface area (Å²) in [7, 11) is 0. The first-order valence-electron chi connectivity index (χ1n) is 8.74. The number of nitrogens with two attached hydrogens (primary N) is 4. The highest BCUT2D eigenvalue weighted by atomic mass is 16.1. The van der Waals surface area contributed by atoms with Crippen LogP contribution in [-0.2, 0) is 0 Å². The van der Waals surface area contributed by atoms with Gasteiger partial charge in [0, 0.05) is 44.6 Å². The van der Waals surface area contributed by atoms with E-state index in [1.165, 1.54) is 0 Å². The van der Waals surface area contributed by atoms with Crippen LogP contribution in [0.25, 0.3) is 10.8 Å². The Morgan fingerprint density at radius 3 is 1.64 bits per heavy atom. The summed E-state index contributed by atoms with van der Waals surface area (Å²) in [5.41, 5.74) is 26.7. The molecule has 0 saturated heterocycles. The maximum absolute atomic E-state index is 12.0. The molecule has 0 heterocycles. The Hall–Kier alpha value is -3.99. The number of hydrogen-bond donors (Lipinski definition) is 4. The van der Waals surface area contributed by atoms with Crippen LogP contribution in [0.4, 0.5) is 22.7 Å². The van der Waals surface area contributed by atoms with Gasteiger partial charge in [-0.2, -0.15) is 0 Å². The minimum atomic E-state index is -0.0488. The largest absolute Gasteiger partial charge is 0.399 e. The van der Waals surface area contributed by atoms with Crippen molar-refractivity contribution in [3.8, 4) is 0 Å². The van der Waals surface area contributed by atoms with Crippen LogP contribution < -0.4 is 22.9 Å².